The van der Waals surface area contributed by atoms with Gasteiger partial charge in [-0.15, -0.1) is 0 Å². The number of hydrogen-bond donors (Lipinski definition) is 1. The highest BCUT2D eigenvalue weighted by molar-refractivity contribution is 5.70. The maximum Gasteiger partial charge on any atom is 0.130 e. The summed E-state index contributed by atoms with van der Waals surface area (Å²) >= 11 is 0. The molecular weight excluding hydrogens is 268 g/mol. The van der Waals surface area contributed by atoms with E-state index in [-0.39, 0.29) is 0 Å². The number of nitrogen functional groups attached to an aromatic ring is 1. The van der Waals surface area contributed by atoms with Crippen LogP contribution in [0.3, 0.4) is 0 Å². The molecule has 1 saturated carbocycles. The molecule has 1 heterocycles. The lowest BCUT2D eigenvalue weighted by Gasteiger charge is -2.22. The van der Waals surface area contributed by atoms with Crippen LogP contribution in [-0.4, -0.2) is 4.98 Å². The van der Waals surface area contributed by atoms with E-state index in [9.17, 15) is 0 Å². The maximum atomic E-state index is 5.81. The molecule has 0 aliphatic heterocycles. The summed E-state index contributed by atoms with van der Waals surface area (Å²) in [5.41, 5.74) is 10.3. The smallest absolute Gasteiger partial charge is 0.130 e. The van der Waals surface area contributed by atoms with Crippen molar-refractivity contribution in [1.82, 2.24) is 4.98 Å². The monoisotopic (exact) mass is 294 g/mol. The number of rotatable bonds is 5. The summed E-state index contributed by atoms with van der Waals surface area (Å²) in [6.45, 7) is 9.86. The zero-order valence-electron chi connectivity index (χ0n) is 13.5. The van der Waals surface area contributed by atoms with Gasteiger partial charge in [-0.25, -0.2) is 4.98 Å². The molecule has 2 heteroatoms. The summed E-state index contributed by atoms with van der Waals surface area (Å²) in [5.74, 6) is 1.19. The fourth-order valence-electron chi connectivity index (χ4n) is 3.00. The predicted octanol–water partition coefficient (Wildman–Crippen LogP) is 5.40. The van der Waals surface area contributed by atoms with E-state index in [0.29, 0.717) is 11.7 Å². The highest BCUT2D eigenvalue weighted by Crippen LogP contribution is 2.30. The molecule has 1 aliphatic rings. The highest BCUT2D eigenvalue weighted by atomic mass is 14.8. The molecule has 2 N–H and O–H groups in total. The lowest BCUT2D eigenvalue weighted by Crippen LogP contribution is -2.07. The minimum Gasteiger partial charge on any atom is -0.383 e. The van der Waals surface area contributed by atoms with Crippen LogP contribution in [0, 0.1) is 5.92 Å². The van der Waals surface area contributed by atoms with Crippen molar-refractivity contribution in [3.8, 4) is 0 Å². The van der Waals surface area contributed by atoms with Crippen LogP contribution < -0.4 is 5.73 Å². The first-order chi connectivity index (χ1) is 10.7. The summed E-state index contributed by atoms with van der Waals surface area (Å²) in [6.07, 6.45) is 16.6. The quantitative estimate of drug-likeness (QED) is 0.738. The van der Waals surface area contributed by atoms with Crippen LogP contribution in [0.25, 0.3) is 11.6 Å². The Morgan fingerprint density at radius 1 is 1.23 bits per heavy atom. The van der Waals surface area contributed by atoms with Crippen molar-refractivity contribution >= 4 is 17.5 Å². The lowest BCUT2D eigenvalue weighted by atomic mass is 9.83. The van der Waals surface area contributed by atoms with E-state index in [2.05, 4.69) is 37.2 Å². The molecule has 0 atom stereocenters. The maximum absolute atomic E-state index is 5.81. The molecular formula is C20H26N2. The summed E-state index contributed by atoms with van der Waals surface area (Å²) < 4.78 is 0. The highest BCUT2D eigenvalue weighted by Gasteiger charge is 2.15. The molecule has 116 valence electrons. The fraction of sp³-hybridized carbons (Fsp3) is 0.350. The first kappa shape index (κ1) is 16.3. The molecule has 1 aromatic heterocycles. The Labute approximate surface area is 134 Å². The number of aromatic nitrogens is 1. The van der Waals surface area contributed by atoms with Gasteiger partial charge in [-0.3, -0.25) is 0 Å². The SMILES string of the molecule is C=C/C(=C\C=C(/C)c1cnc(N)c(C=C)c1)C1CCCCC1. The third-order valence-electron chi connectivity index (χ3n) is 4.46. The van der Waals surface area contributed by atoms with Crippen LogP contribution in [0.15, 0.2) is 49.2 Å². The number of pyridine rings is 1. The van der Waals surface area contributed by atoms with E-state index >= 15 is 0 Å². The van der Waals surface area contributed by atoms with Crippen LogP contribution in [-0.2, 0) is 0 Å². The average Bonchev–Trinajstić information content (AvgIpc) is 2.56. The second-order valence-electron chi connectivity index (χ2n) is 5.96. The molecule has 0 unspecified atom stereocenters. The van der Waals surface area contributed by atoms with Crippen LogP contribution in [0.2, 0.25) is 0 Å². The van der Waals surface area contributed by atoms with Crippen molar-refractivity contribution in [3.05, 3.63) is 60.3 Å². The van der Waals surface area contributed by atoms with Crippen LogP contribution in [0.5, 0.6) is 0 Å². The van der Waals surface area contributed by atoms with Gasteiger partial charge in [-0.05, 0) is 48.5 Å². The third-order valence-corrected chi connectivity index (χ3v) is 4.46. The minimum absolute atomic E-state index is 0.524. The molecule has 1 aliphatic carbocycles. The molecule has 22 heavy (non-hydrogen) atoms. The second-order valence-corrected chi connectivity index (χ2v) is 5.96. The average molecular weight is 294 g/mol. The Morgan fingerprint density at radius 2 is 1.95 bits per heavy atom. The Kier molecular flexibility index (Phi) is 5.76. The normalized spacial score (nSPS) is 17.3. The van der Waals surface area contributed by atoms with Crippen molar-refractivity contribution in [3.63, 3.8) is 0 Å². The molecule has 0 saturated heterocycles. The number of hydrogen-bond acceptors (Lipinski definition) is 2. The summed E-state index contributed by atoms with van der Waals surface area (Å²) in [7, 11) is 0. The summed E-state index contributed by atoms with van der Waals surface area (Å²) in [5, 5.41) is 0. The number of nitrogens with two attached hydrogens (primary N) is 1. The molecule has 0 amide bonds. The van der Waals surface area contributed by atoms with Gasteiger partial charge >= 0.3 is 0 Å². The Balaban J connectivity index is 2.21. The predicted molar refractivity (Wildman–Crippen MR) is 97.2 cm³/mol. The van der Waals surface area contributed by atoms with E-state index < -0.39 is 0 Å². The van der Waals surface area contributed by atoms with E-state index in [1.807, 2.05) is 18.3 Å². The number of anilines is 1. The number of allylic oxidation sites excluding steroid dienone is 5. The summed E-state index contributed by atoms with van der Waals surface area (Å²) in [6, 6.07) is 2.03. The minimum atomic E-state index is 0.524. The molecule has 1 aromatic rings. The van der Waals surface area contributed by atoms with Gasteiger partial charge in [0.05, 0.1) is 0 Å². The van der Waals surface area contributed by atoms with E-state index in [4.69, 9.17) is 5.73 Å². The second kappa shape index (κ2) is 7.79. The third kappa shape index (κ3) is 3.97. The van der Waals surface area contributed by atoms with Crippen LogP contribution in [0.4, 0.5) is 5.82 Å². The largest absolute Gasteiger partial charge is 0.383 e. The standard InChI is InChI=1S/C20H26N2/c1-4-16(18-9-7-6-8-10-18)12-11-15(3)19-13-17(5-2)20(21)22-14-19/h4-5,11-14,18H,1-2,6-10H2,3H3,(H2,21,22)/b15-11+,16-12+. The zero-order chi connectivity index (χ0) is 15.9. The molecule has 0 aromatic carbocycles. The Morgan fingerprint density at radius 3 is 2.59 bits per heavy atom. The Hall–Kier alpha value is -2.09. The molecule has 0 radical (unpaired) electrons. The number of nitrogens with zero attached hydrogens (tertiary/aromatic N) is 1. The lowest BCUT2D eigenvalue weighted by molar-refractivity contribution is 0.408. The molecule has 2 rings (SSSR count). The summed E-state index contributed by atoms with van der Waals surface area (Å²) in [4.78, 5) is 4.23. The zero-order valence-corrected chi connectivity index (χ0v) is 13.5. The first-order valence-electron chi connectivity index (χ1n) is 8.05. The topological polar surface area (TPSA) is 38.9 Å². The van der Waals surface area contributed by atoms with Crippen molar-refractivity contribution in [2.75, 3.05) is 5.73 Å². The van der Waals surface area contributed by atoms with Gasteiger partial charge in [0.2, 0.25) is 0 Å². The van der Waals surface area contributed by atoms with Crippen molar-refractivity contribution < 1.29 is 0 Å². The van der Waals surface area contributed by atoms with Crippen molar-refractivity contribution in [1.29, 1.82) is 0 Å². The molecule has 2 nitrogen and oxygen atoms in total. The molecule has 0 bridgehead atoms. The van der Waals surface area contributed by atoms with Gasteiger partial charge in [0.15, 0.2) is 0 Å². The van der Waals surface area contributed by atoms with Gasteiger partial charge in [-0.2, -0.15) is 0 Å². The van der Waals surface area contributed by atoms with Crippen molar-refractivity contribution in [2.24, 2.45) is 5.92 Å². The first-order valence-corrected chi connectivity index (χ1v) is 8.05. The van der Waals surface area contributed by atoms with Gasteiger partial charge < -0.3 is 5.73 Å². The van der Waals surface area contributed by atoms with Crippen LogP contribution in [0.1, 0.15) is 50.2 Å². The molecule has 0 spiro atoms. The van der Waals surface area contributed by atoms with Gasteiger partial charge in [-0.1, -0.05) is 56.7 Å². The fourth-order valence-corrected chi connectivity index (χ4v) is 3.00. The van der Waals surface area contributed by atoms with Gasteiger partial charge in [0.25, 0.3) is 0 Å². The van der Waals surface area contributed by atoms with Crippen LogP contribution >= 0.6 is 0 Å². The van der Waals surface area contributed by atoms with Gasteiger partial charge in [0.1, 0.15) is 5.82 Å². The van der Waals surface area contributed by atoms with E-state index in [1.165, 1.54) is 43.3 Å². The van der Waals surface area contributed by atoms with E-state index in [1.54, 1.807) is 6.08 Å². The van der Waals surface area contributed by atoms with E-state index in [0.717, 1.165) is 11.1 Å². The molecule has 1 fully saturated rings. The van der Waals surface area contributed by atoms with Gasteiger partial charge in [0, 0.05) is 11.8 Å². The van der Waals surface area contributed by atoms with Crippen molar-refractivity contribution in [2.45, 2.75) is 39.0 Å². The Bertz CT molecular complexity index is 602.